The molecule has 0 bridgehead atoms. The molecule has 0 aromatic carbocycles. The van der Waals surface area contributed by atoms with E-state index in [4.69, 9.17) is 5.41 Å². The van der Waals surface area contributed by atoms with E-state index in [-0.39, 0.29) is 29.5 Å². The summed E-state index contributed by atoms with van der Waals surface area (Å²) in [5.74, 6) is -0.444. The van der Waals surface area contributed by atoms with Crippen LogP contribution in [0.2, 0.25) is 0 Å². The number of carbonyl (C=O) groups is 1. The maximum atomic E-state index is 14.1. The van der Waals surface area contributed by atoms with Gasteiger partial charge in [-0.05, 0) is 62.3 Å². The third kappa shape index (κ3) is 4.47. The van der Waals surface area contributed by atoms with Crippen LogP contribution >= 0.6 is 0 Å². The van der Waals surface area contributed by atoms with Crippen LogP contribution in [0.4, 0.5) is 13.2 Å². The Morgan fingerprint density at radius 3 is 2.61 bits per heavy atom. The molecule has 2 aromatic heterocycles. The zero-order valence-corrected chi connectivity index (χ0v) is 21.4. The van der Waals surface area contributed by atoms with E-state index < -0.39 is 39.0 Å². The topological polar surface area (TPSA) is 132 Å². The first-order valence-electron chi connectivity index (χ1n) is 12.2. The van der Waals surface area contributed by atoms with Gasteiger partial charge in [-0.2, -0.15) is 22.6 Å². The van der Waals surface area contributed by atoms with Gasteiger partial charge in [0.15, 0.2) is 5.78 Å². The standard InChI is InChI=1S/C25H27F3N6O3S/c1-30-14-20(11-29)38(36,37)34(18-5-6-18)19-4-2-16-8-22-15(12-32-33-22)9-24(16,10-19)23(35)21-7-3-17(13-31-21)25(26,27)28/h3,7-8,11-14,18-19,29-30H,2,4-6,9-10H2,1H3,(H,32,33)/b20-14+,29-11?/t19-,24-/m0/s1. The highest BCUT2D eigenvalue weighted by molar-refractivity contribution is 7.93. The highest BCUT2D eigenvalue weighted by atomic mass is 32.2. The number of ketones is 1. The van der Waals surface area contributed by atoms with E-state index in [0.717, 1.165) is 35.2 Å². The number of allylic oxidation sites excluding steroid dienone is 2. The van der Waals surface area contributed by atoms with Crippen LogP contribution in [-0.4, -0.2) is 59.0 Å². The van der Waals surface area contributed by atoms with Crippen LogP contribution in [0.5, 0.6) is 0 Å². The number of nitrogens with zero attached hydrogens (tertiary/aromatic N) is 3. The first-order chi connectivity index (χ1) is 18.0. The first-order valence-corrected chi connectivity index (χ1v) is 13.7. The fourth-order valence-electron chi connectivity index (χ4n) is 5.63. The largest absolute Gasteiger partial charge is 0.417 e. The first kappa shape index (κ1) is 26.3. The van der Waals surface area contributed by atoms with Gasteiger partial charge in [0.1, 0.15) is 10.6 Å². The highest BCUT2D eigenvalue weighted by Gasteiger charge is 2.53. The summed E-state index contributed by atoms with van der Waals surface area (Å²) < 4.78 is 68.1. The number of carbonyl (C=O) groups excluding carboxylic acids is 1. The van der Waals surface area contributed by atoms with E-state index >= 15 is 0 Å². The summed E-state index contributed by atoms with van der Waals surface area (Å²) >= 11 is 0. The summed E-state index contributed by atoms with van der Waals surface area (Å²) in [6.07, 6.45) is 4.19. The summed E-state index contributed by atoms with van der Waals surface area (Å²) in [5, 5.41) is 17.3. The molecular weight excluding hydrogens is 521 g/mol. The average Bonchev–Trinajstić information content (AvgIpc) is 3.60. The van der Waals surface area contributed by atoms with Crippen molar-refractivity contribution in [2.45, 2.75) is 56.8 Å². The molecule has 38 heavy (non-hydrogen) atoms. The molecule has 0 saturated heterocycles. The van der Waals surface area contributed by atoms with Gasteiger partial charge in [0, 0.05) is 37.7 Å². The highest BCUT2D eigenvalue weighted by Crippen LogP contribution is 2.52. The molecule has 0 radical (unpaired) electrons. The van der Waals surface area contributed by atoms with Gasteiger partial charge in [0.25, 0.3) is 0 Å². The Morgan fingerprint density at radius 2 is 2.00 bits per heavy atom. The van der Waals surface area contributed by atoms with Crippen molar-refractivity contribution >= 4 is 28.1 Å². The Bertz CT molecular complexity index is 1430. The zero-order valence-electron chi connectivity index (χ0n) is 20.5. The minimum Gasteiger partial charge on any atom is -0.393 e. The van der Waals surface area contributed by atoms with Crippen LogP contribution in [0.3, 0.4) is 0 Å². The van der Waals surface area contributed by atoms with Crippen LogP contribution < -0.4 is 5.32 Å². The molecule has 0 amide bonds. The lowest BCUT2D eigenvalue weighted by Gasteiger charge is -2.46. The number of pyridine rings is 1. The van der Waals surface area contributed by atoms with Gasteiger partial charge in [-0.25, -0.2) is 8.42 Å². The fourth-order valence-corrected chi connectivity index (χ4v) is 7.47. The maximum absolute atomic E-state index is 14.1. The Morgan fingerprint density at radius 1 is 1.24 bits per heavy atom. The molecule has 2 saturated carbocycles. The van der Waals surface area contributed by atoms with Crippen molar-refractivity contribution < 1.29 is 26.4 Å². The van der Waals surface area contributed by atoms with E-state index in [1.165, 1.54) is 10.5 Å². The molecule has 9 nitrogen and oxygen atoms in total. The normalized spacial score (nSPS) is 23.9. The van der Waals surface area contributed by atoms with E-state index in [0.29, 0.717) is 31.9 Å². The summed E-state index contributed by atoms with van der Waals surface area (Å²) in [6.45, 7) is 0. The molecule has 202 valence electrons. The number of sulfonamides is 1. The van der Waals surface area contributed by atoms with Crippen molar-refractivity contribution in [1.29, 1.82) is 5.41 Å². The van der Waals surface area contributed by atoms with Gasteiger partial charge < -0.3 is 10.7 Å². The predicted octanol–water partition coefficient (Wildman–Crippen LogP) is 3.69. The third-order valence-corrected chi connectivity index (χ3v) is 9.52. The van der Waals surface area contributed by atoms with Gasteiger partial charge in [-0.1, -0.05) is 5.57 Å². The molecule has 5 rings (SSSR count). The van der Waals surface area contributed by atoms with Gasteiger partial charge in [-0.15, -0.1) is 0 Å². The van der Waals surface area contributed by atoms with Crippen molar-refractivity contribution in [3.63, 3.8) is 0 Å². The summed E-state index contributed by atoms with van der Waals surface area (Å²) in [5.41, 5.74) is 0.0667. The van der Waals surface area contributed by atoms with Gasteiger partial charge >= 0.3 is 6.18 Å². The van der Waals surface area contributed by atoms with Crippen molar-refractivity contribution in [3.05, 3.63) is 63.7 Å². The molecule has 3 aliphatic carbocycles. The molecule has 0 aliphatic heterocycles. The van der Waals surface area contributed by atoms with Crippen LogP contribution in [0, 0.1) is 10.8 Å². The van der Waals surface area contributed by atoms with Crippen molar-refractivity contribution in [1.82, 2.24) is 24.8 Å². The number of hydrogen-bond acceptors (Lipinski definition) is 7. The molecule has 2 heterocycles. The lowest BCUT2D eigenvalue weighted by Crippen LogP contribution is -2.51. The van der Waals surface area contributed by atoms with Crippen LogP contribution in [0.1, 0.15) is 59.4 Å². The van der Waals surface area contributed by atoms with Gasteiger partial charge in [0.05, 0.1) is 22.9 Å². The van der Waals surface area contributed by atoms with E-state index in [9.17, 15) is 26.4 Å². The van der Waals surface area contributed by atoms with E-state index in [2.05, 4.69) is 20.5 Å². The summed E-state index contributed by atoms with van der Waals surface area (Å²) in [7, 11) is -2.49. The average molecular weight is 549 g/mol. The van der Waals surface area contributed by atoms with Gasteiger partial charge in [-0.3, -0.25) is 14.9 Å². The van der Waals surface area contributed by atoms with Crippen molar-refractivity contribution in [2.24, 2.45) is 5.41 Å². The van der Waals surface area contributed by atoms with Crippen LogP contribution in [0.25, 0.3) is 6.08 Å². The second-order valence-electron chi connectivity index (χ2n) is 9.94. The number of Topliss-reactive ketones (excluding diaryl/α,β-unsaturated/α-hetero) is 1. The van der Waals surface area contributed by atoms with Crippen LogP contribution in [-0.2, 0) is 22.6 Å². The number of nitrogens with one attached hydrogen (secondary N) is 3. The third-order valence-electron chi connectivity index (χ3n) is 7.54. The number of H-pyrrole nitrogens is 1. The number of aromatic nitrogens is 3. The zero-order chi connectivity index (χ0) is 27.3. The quantitative estimate of drug-likeness (QED) is 0.341. The molecule has 0 unspecified atom stereocenters. The number of hydrogen-bond donors (Lipinski definition) is 3. The van der Waals surface area contributed by atoms with Crippen molar-refractivity contribution in [2.75, 3.05) is 7.05 Å². The van der Waals surface area contributed by atoms with Gasteiger partial charge in [0.2, 0.25) is 10.0 Å². The monoisotopic (exact) mass is 548 g/mol. The number of rotatable bonds is 8. The molecule has 13 heteroatoms. The molecule has 2 fully saturated rings. The predicted molar refractivity (Wildman–Crippen MR) is 134 cm³/mol. The molecule has 3 aliphatic rings. The minimum absolute atomic E-state index is 0.104. The number of aromatic amines is 1. The Kier molecular flexibility index (Phi) is 6.54. The number of halogens is 3. The minimum atomic E-state index is -4.59. The number of alkyl halides is 3. The Labute approximate surface area is 217 Å². The van der Waals surface area contributed by atoms with Crippen LogP contribution in [0.15, 0.2) is 41.2 Å². The van der Waals surface area contributed by atoms with E-state index in [1.54, 1.807) is 13.2 Å². The fraction of sp³-hybridized carbons (Fsp3) is 0.440. The summed E-state index contributed by atoms with van der Waals surface area (Å²) in [6, 6.07) is 1.15. The lowest BCUT2D eigenvalue weighted by molar-refractivity contribution is -0.137. The second-order valence-corrected chi connectivity index (χ2v) is 11.8. The smallest absolute Gasteiger partial charge is 0.393 e. The Balaban J connectivity index is 1.56. The number of fused-ring (bicyclic) bond motifs is 2. The molecule has 0 spiro atoms. The lowest BCUT2D eigenvalue weighted by atomic mass is 9.60. The Hall–Kier alpha value is -3.32. The van der Waals surface area contributed by atoms with E-state index in [1.807, 2.05) is 6.08 Å². The second kappa shape index (κ2) is 9.45. The SMILES string of the molecule is CN/C=C(\C=N)S(=O)(=O)N(C1CC1)[C@H]1CCC2=Cc3[nH]ncc3C[C@]2(C(=O)c2ccc(C(F)(F)F)cn2)C1. The maximum Gasteiger partial charge on any atom is 0.417 e. The molecular formula is C25H27F3N6O3S. The molecule has 2 atom stereocenters. The van der Waals surface area contributed by atoms with Crippen molar-refractivity contribution in [3.8, 4) is 0 Å². The molecule has 3 N–H and O–H groups in total. The molecule has 2 aromatic rings. The summed E-state index contributed by atoms with van der Waals surface area (Å²) in [4.78, 5) is 17.8.